The third kappa shape index (κ3) is 3.23. The Morgan fingerprint density at radius 1 is 1.59 bits per heavy atom. The Morgan fingerprint density at radius 3 is 2.65 bits per heavy atom. The number of hydrogen-bond acceptors (Lipinski definition) is 4. The molecule has 0 aromatic heterocycles. The van der Waals surface area contributed by atoms with Crippen molar-refractivity contribution in [1.29, 1.82) is 0 Å². The highest BCUT2D eigenvalue weighted by Gasteiger charge is 2.31. The quantitative estimate of drug-likeness (QED) is 0.280. The molecule has 1 atom stereocenters. The number of morpholine rings is 1. The number of nitrogens with two attached hydrogens (primary N) is 1. The maximum Gasteiger partial charge on any atom is 0.318 e. The fraction of sp³-hybridized carbons (Fsp3) is 0.800. The largest absolute Gasteiger partial charge is 0.409 e. The molecule has 1 fully saturated rings. The standard InChI is InChI=1S/C10H20N4O3/c1-3-10(2,8(11)13-16)12-9(15)14-4-6-17-7-5-14/h16H,3-7H2,1-2H3,(H2,11,13)(H,12,15). The average molecular weight is 244 g/mol. The number of nitrogens with zero attached hydrogens (tertiary/aromatic N) is 2. The molecule has 98 valence electrons. The summed E-state index contributed by atoms with van der Waals surface area (Å²) in [7, 11) is 0. The molecular formula is C10H20N4O3. The normalized spacial score (nSPS) is 20.8. The van der Waals surface area contributed by atoms with Crippen molar-refractivity contribution < 1.29 is 14.7 Å². The van der Waals surface area contributed by atoms with Crippen LogP contribution in [0.25, 0.3) is 0 Å². The van der Waals surface area contributed by atoms with Gasteiger partial charge in [0.25, 0.3) is 0 Å². The predicted molar refractivity (Wildman–Crippen MR) is 63.0 cm³/mol. The number of amides is 2. The van der Waals surface area contributed by atoms with Crippen molar-refractivity contribution in [2.45, 2.75) is 25.8 Å². The minimum Gasteiger partial charge on any atom is -0.409 e. The van der Waals surface area contributed by atoms with Gasteiger partial charge in [-0.05, 0) is 13.3 Å². The number of urea groups is 1. The second-order valence-electron chi connectivity index (χ2n) is 4.20. The van der Waals surface area contributed by atoms with Gasteiger partial charge in [0.1, 0.15) is 0 Å². The van der Waals surface area contributed by atoms with E-state index in [1.807, 2.05) is 6.92 Å². The lowest BCUT2D eigenvalue weighted by Gasteiger charge is -2.33. The van der Waals surface area contributed by atoms with Gasteiger partial charge in [0.2, 0.25) is 0 Å². The van der Waals surface area contributed by atoms with Crippen LogP contribution in [-0.4, -0.2) is 53.8 Å². The first-order valence-corrected chi connectivity index (χ1v) is 5.66. The maximum absolute atomic E-state index is 12.0. The molecule has 0 aliphatic carbocycles. The number of hydrogen-bond donors (Lipinski definition) is 3. The van der Waals surface area contributed by atoms with E-state index in [9.17, 15) is 4.79 Å². The Hall–Kier alpha value is -1.50. The first-order valence-electron chi connectivity index (χ1n) is 5.66. The minimum atomic E-state index is -0.829. The van der Waals surface area contributed by atoms with Crippen LogP contribution in [0.1, 0.15) is 20.3 Å². The number of carbonyl (C=O) groups excluding carboxylic acids is 1. The number of amidine groups is 1. The molecule has 0 saturated carbocycles. The van der Waals surface area contributed by atoms with E-state index < -0.39 is 5.54 Å². The van der Waals surface area contributed by atoms with Gasteiger partial charge in [0.05, 0.1) is 18.8 Å². The fourth-order valence-electron chi connectivity index (χ4n) is 1.53. The summed E-state index contributed by atoms with van der Waals surface area (Å²) < 4.78 is 5.16. The van der Waals surface area contributed by atoms with E-state index in [-0.39, 0.29) is 11.9 Å². The summed E-state index contributed by atoms with van der Waals surface area (Å²) in [5.41, 5.74) is 4.75. The molecule has 0 aromatic rings. The van der Waals surface area contributed by atoms with Gasteiger partial charge in [-0.3, -0.25) is 0 Å². The monoisotopic (exact) mass is 244 g/mol. The van der Waals surface area contributed by atoms with Crippen molar-refractivity contribution in [3.63, 3.8) is 0 Å². The summed E-state index contributed by atoms with van der Waals surface area (Å²) in [6.07, 6.45) is 0.541. The molecule has 1 heterocycles. The van der Waals surface area contributed by atoms with Gasteiger partial charge in [0, 0.05) is 13.1 Å². The third-order valence-electron chi connectivity index (χ3n) is 3.06. The molecule has 0 radical (unpaired) electrons. The fourth-order valence-corrected chi connectivity index (χ4v) is 1.53. The van der Waals surface area contributed by atoms with Gasteiger partial charge in [-0.15, -0.1) is 0 Å². The van der Waals surface area contributed by atoms with E-state index in [0.717, 1.165) is 0 Å². The Bertz CT molecular complexity index is 302. The van der Waals surface area contributed by atoms with Crippen LogP contribution in [0.4, 0.5) is 4.79 Å². The molecule has 1 unspecified atom stereocenters. The Labute approximate surface area is 101 Å². The summed E-state index contributed by atoms with van der Waals surface area (Å²) in [5.74, 6) is 0.00149. The highest BCUT2D eigenvalue weighted by molar-refractivity contribution is 5.93. The molecule has 1 aliphatic heterocycles. The zero-order valence-electron chi connectivity index (χ0n) is 10.3. The van der Waals surface area contributed by atoms with Crippen LogP contribution in [0.5, 0.6) is 0 Å². The SMILES string of the molecule is CCC(C)(NC(=O)N1CCOCC1)C(N)=NO. The van der Waals surface area contributed by atoms with E-state index in [1.165, 1.54) is 0 Å². The highest BCUT2D eigenvalue weighted by atomic mass is 16.5. The van der Waals surface area contributed by atoms with E-state index in [0.29, 0.717) is 32.7 Å². The van der Waals surface area contributed by atoms with Gasteiger partial charge in [-0.2, -0.15) is 0 Å². The Morgan fingerprint density at radius 2 is 2.18 bits per heavy atom. The Kier molecular flexibility index (Phi) is 4.56. The van der Waals surface area contributed by atoms with Crippen LogP contribution in [-0.2, 0) is 4.74 Å². The smallest absolute Gasteiger partial charge is 0.318 e. The summed E-state index contributed by atoms with van der Waals surface area (Å²) in [6.45, 7) is 5.78. The van der Waals surface area contributed by atoms with Crippen molar-refractivity contribution in [1.82, 2.24) is 10.2 Å². The van der Waals surface area contributed by atoms with E-state index in [1.54, 1.807) is 11.8 Å². The first kappa shape index (κ1) is 13.6. The molecule has 1 aliphatic rings. The van der Waals surface area contributed by atoms with Crippen LogP contribution < -0.4 is 11.1 Å². The van der Waals surface area contributed by atoms with Crippen LogP contribution in [0.2, 0.25) is 0 Å². The number of rotatable bonds is 3. The van der Waals surface area contributed by atoms with Gasteiger partial charge < -0.3 is 25.9 Å². The summed E-state index contributed by atoms with van der Waals surface area (Å²) in [6, 6.07) is -0.218. The molecule has 17 heavy (non-hydrogen) atoms. The van der Waals surface area contributed by atoms with Crippen molar-refractivity contribution >= 4 is 11.9 Å². The first-order chi connectivity index (χ1) is 8.03. The van der Waals surface area contributed by atoms with Gasteiger partial charge in [0.15, 0.2) is 5.84 Å². The van der Waals surface area contributed by atoms with Crippen molar-refractivity contribution in [3.8, 4) is 0 Å². The second-order valence-corrected chi connectivity index (χ2v) is 4.20. The van der Waals surface area contributed by atoms with Gasteiger partial charge in [-0.25, -0.2) is 4.79 Å². The molecule has 0 spiro atoms. The van der Waals surface area contributed by atoms with Crippen LogP contribution in [0, 0.1) is 0 Å². The van der Waals surface area contributed by atoms with Crippen molar-refractivity contribution in [2.24, 2.45) is 10.9 Å². The zero-order chi connectivity index (χ0) is 12.9. The van der Waals surface area contributed by atoms with Crippen LogP contribution >= 0.6 is 0 Å². The number of nitrogens with one attached hydrogen (secondary N) is 1. The molecule has 2 amide bonds. The second kappa shape index (κ2) is 5.72. The molecule has 0 bridgehead atoms. The molecule has 0 aromatic carbocycles. The average Bonchev–Trinajstić information content (AvgIpc) is 2.38. The van der Waals surface area contributed by atoms with E-state index in [4.69, 9.17) is 15.7 Å². The lowest BCUT2D eigenvalue weighted by atomic mass is 9.98. The molecular weight excluding hydrogens is 224 g/mol. The maximum atomic E-state index is 12.0. The predicted octanol–water partition coefficient (Wildman–Crippen LogP) is -0.0567. The topological polar surface area (TPSA) is 100 Å². The highest BCUT2D eigenvalue weighted by Crippen LogP contribution is 2.10. The molecule has 1 saturated heterocycles. The third-order valence-corrected chi connectivity index (χ3v) is 3.06. The Balaban J connectivity index is 2.64. The minimum absolute atomic E-state index is 0.00149. The van der Waals surface area contributed by atoms with Crippen LogP contribution in [0.15, 0.2) is 5.16 Å². The summed E-state index contributed by atoms with van der Waals surface area (Å²) in [4.78, 5) is 13.6. The summed E-state index contributed by atoms with van der Waals surface area (Å²) in [5, 5.41) is 14.4. The lowest BCUT2D eigenvalue weighted by molar-refractivity contribution is 0.0520. The van der Waals surface area contributed by atoms with Gasteiger partial charge >= 0.3 is 6.03 Å². The molecule has 4 N–H and O–H groups in total. The summed E-state index contributed by atoms with van der Waals surface area (Å²) >= 11 is 0. The number of ether oxygens (including phenoxy) is 1. The van der Waals surface area contributed by atoms with Crippen molar-refractivity contribution in [3.05, 3.63) is 0 Å². The number of carbonyl (C=O) groups is 1. The lowest BCUT2D eigenvalue weighted by Crippen LogP contribution is -2.59. The zero-order valence-corrected chi connectivity index (χ0v) is 10.3. The molecule has 1 rings (SSSR count). The molecule has 7 heteroatoms. The van der Waals surface area contributed by atoms with Crippen molar-refractivity contribution in [2.75, 3.05) is 26.3 Å². The van der Waals surface area contributed by atoms with E-state index >= 15 is 0 Å². The van der Waals surface area contributed by atoms with Gasteiger partial charge in [-0.1, -0.05) is 12.1 Å². The number of oxime groups is 1. The molecule has 7 nitrogen and oxygen atoms in total. The van der Waals surface area contributed by atoms with Crippen LogP contribution in [0.3, 0.4) is 0 Å². The van der Waals surface area contributed by atoms with E-state index in [2.05, 4.69) is 10.5 Å².